The lowest BCUT2D eigenvalue weighted by atomic mass is 10.4. The number of nitrogens with one attached hydrogen (secondary N) is 1. The number of nitrogens with two attached hydrogens (primary N) is 1. The van der Waals surface area contributed by atoms with Gasteiger partial charge in [-0.15, -0.1) is 0 Å². The number of rotatable bonds is 1. The van der Waals surface area contributed by atoms with Gasteiger partial charge in [0.05, 0.1) is 0 Å². The molecule has 3 heterocycles. The number of aromatic amines is 1. The summed E-state index contributed by atoms with van der Waals surface area (Å²) in [5.41, 5.74) is 5.01. The SMILES string of the molecule is Nc1nc2c(ncn2N2C(=O)CCC2=O)c(=O)[nH]1. The van der Waals surface area contributed by atoms with E-state index in [0.717, 1.165) is 9.69 Å². The van der Waals surface area contributed by atoms with Crippen molar-refractivity contribution in [2.45, 2.75) is 12.8 Å². The fourth-order valence-corrected chi connectivity index (χ4v) is 1.87. The average molecular weight is 248 g/mol. The zero-order valence-corrected chi connectivity index (χ0v) is 9.08. The molecule has 1 aliphatic heterocycles. The Kier molecular flexibility index (Phi) is 1.97. The van der Waals surface area contributed by atoms with Crippen LogP contribution in [0.25, 0.3) is 11.2 Å². The molecule has 0 aromatic carbocycles. The van der Waals surface area contributed by atoms with Gasteiger partial charge in [0.15, 0.2) is 11.2 Å². The lowest BCUT2D eigenvalue weighted by Gasteiger charge is -2.14. The number of anilines is 1. The van der Waals surface area contributed by atoms with Gasteiger partial charge in [0.2, 0.25) is 17.8 Å². The number of aromatic nitrogens is 4. The summed E-state index contributed by atoms with van der Waals surface area (Å²) in [4.78, 5) is 44.8. The predicted octanol–water partition coefficient (Wildman–Crippen LogP) is -1.51. The Hall–Kier alpha value is -2.71. The first kappa shape index (κ1) is 10.4. The number of nitrogens with zero attached hydrogens (tertiary/aromatic N) is 4. The van der Waals surface area contributed by atoms with E-state index in [2.05, 4.69) is 15.0 Å². The highest BCUT2D eigenvalue weighted by molar-refractivity contribution is 6.14. The summed E-state index contributed by atoms with van der Waals surface area (Å²) >= 11 is 0. The molecule has 0 atom stereocenters. The Morgan fingerprint density at radius 2 is 1.89 bits per heavy atom. The van der Waals surface area contributed by atoms with Crippen molar-refractivity contribution in [2.24, 2.45) is 0 Å². The molecule has 0 spiro atoms. The number of imide groups is 1. The Morgan fingerprint density at radius 1 is 1.22 bits per heavy atom. The zero-order chi connectivity index (χ0) is 12.9. The van der Waals surface area contributed by atoms with Crippen LogP contribution >= 0.6 is 0 Å². The monoisotopic (exact) mass is 248 g/mol. The van der Waals surface area contributed by atoms with E-state index in [-0.39, 0.29) is 41.8 Å². The lowest BCUT2D eigenvalue weighted by Crippen LogP contribution is -2.39. The number of H-pyrrole nitrogens is 1. The largest absolute Gasteiger partial charge is 0.369 e. The van der Waals surface area contributed by atoms with Gasteiger partial charge >= 0.3 is 0 Å². The molecule has 2 amide bonds. The van der Waals surface area contributed by atoms with Crippen LogP contribution in [0.2, 0.25) is 0 Å². The van der Waals surface area contributed by atoms with Crippen molar-refractivity contribution in [3.8, 4) is 0 Å². The van der Waals surface area contributed by atoms with Crippen LogP contribution < -0.4 is 16.3 Å². The van der Waals surface area contributed by atoms with E-state index in [9.17, 15) is 14.4 Å². The lowest BCUT2D eigenvalue weighted by molar-refractivity contribution is -0.123. The van der Waals surface area contributed by atoms with E-state index in [4.69, 9.17) is 5.73 Å². The summed E-state index contributed by atoms with van der Waals surface area (Å²) in [6, 6.07) is 0. The Balaban J connectivity index is 2.27. The normalized spacial score (nSPS) is 15.9. The highest BCUT2D eigenvalue weighted by Crippen LogP contribution is 2.14. The molecule has 2 aromatic rings. The molecular weight excluding hydrogens is 240 g/mol. The number of hydrogen-bond acceptors (Lipinski definition) is 6. The maximum Gasteiger partial charge on any atom is 0.280 e. The second kappa shape index (κ2) is 3.39. The first-order chi connectivity index (χ1) is 8.58. The van der Waals surface area contributed by atoms with E-state index in [1.165, 1.54) is 6.33 Å². The molecule has 1 aliphatic rings. The van der Waals surface area contributed by atoms with Crippen molar-refractivity contribution in [3.05, 3.63) is 16.7 Å². The van der Waals surface area contributed by atoms with E-state index in [1.807, 2.05) is 0 Å². The summed E-state index contributed by atoms with van der Waals surface area (Å²) in [5.74, 6) is -0.826. The van der Waals surface area contributed by atoms with Crippen LogP contribution in [0.1, 0.15) is 12.8 Å². The molecule has 92 valence electrons. The second-order valence-corrected chi connectivity index (χ2v) is 3.81. The van der Waals surface area contributed by atoms with E-state index in [1.54, 1.807) is 0 Å². The van der Waals surface area contributed by atoms with E-state index >= 15 is 0 Å². The Bertz CT molecular complexity index is 713. The third-order valence-corrected chi connectivity index (χ3v) is 2.65. The molecule has 3 N–H and O–H groups in total. The van der Waals surface area contributed by atoms with Crippen LogP contribution in [0.4, 0.5) is 5.95 Å². The van der Waals surface area contributed by atoms with Gasteiger partial charge in [-0.25, -0.2) is 9.66 Å². The first-order valence-corrected chi connectivity index (χ1v) is 5.17. The maximum atomic E-state index is 11.6. The minimum absolute atomic E-state index is 0.0247. The summed E-state index contributed by atoms with van der Waals surface area (Å²) in [7, 11) is 0. The first-order valence-electron chi connectivity index (χ1n) is 5.17. The average Bonchev–Trinajstić information content (AvgIpc) is 2.83. The molecule has 0 unspecified atom stereocenters. The molecule has 1 fully saturated rings. The van der Waals surface area contributed by atoms with Crippen LogP contribution in [0.15, 0.2) is 11.1 Å². The van der Waals surface area contributed by atoms with Crippen LogP contribution in [0, 0.1) is 0 Å². The van der Waals surface area contributed by atoms with Crippen LogP contribution in [0.3, 0.4) is 0 Å². The Labute approximate surface area is 99.2 Å². The molecule has 0 aliphatic carbocycles. The molecule has 1 saturated heterocycles. The summed E-state index contributed by atoms with van der Waals surface area (Å²) in [6.07, 6.45) is 1.47. The smallest absolute Gasteiger partial charge is 0.280 e. The van der Waals surface area contributed by atoms with Crippen molar-refractivity contribution in [3.63, 3.8) is 0 Å². The van der Waals surface area contributed by atoms with E-state index < -0.39 is 5.56 Å². The number of amides is 2. The molecule has 0 saturated carbocycles. The fourth-order valence-electron chi connectivity index (χ4n) is 1.87. The van der Waals surface area contributed by atoms with Crippen molar-refractivity contribution in [1.82, 2.24) is 19.6 Å². The number of carbonyl (C=O) groups excluding carboxylic acids is 2. The number of nitrogen functional groups attached to an aromatic ring is 1. The molecule has 0 bridgehead atoms. The zero-order valence-electron chi connectivity index (χ0n) is 9.08. The van der Waals surface area contributed by atoms with Crippen LogP contribution in [-0.4, -0.2) is 31.4 Å². The second-order valence-electron chi connectivity index (χ2n) is 3.81. The van der Waals surface area contributed by atoms with Gasteiger partial charge in [0, 0.05) is 12.8 Å². The van der Waals surface area contributed by atoms with Crippen molar-refractivity contribution in [2.75, 3.05) is 10.7 Å². The molecular formula is C9H8N6O3. The van der Waals surface area contributed by atoms with Gasteiger partial charge in [-0.05, 0) is 0 Å². The minimum Gasteiger partial charge on any atom is -0.369 e. The standard InChI is InChI=1S/C9H8N6O3/c10-9-12-7-6(8(18)13-9)11-3-14(7)15-4(16)1-2-5(15)17/h3H,1-2H2,(H3,10,12,13,18). The Morgan fingerprint density at radius 3 is 2.56 bits per heavy atom. The highest BCUT2D eigenvalue weighted by atomic mass is 16.2. The quantitative estimate of drug-likeness (QED) is 0.590. The van der Waals surface area contributed by atoms with Crippen LogP contribution in [0.5, 0.6) is 0 Å². The van der Waals surface area contributed by atoms with Crippen LogP contribution in [-0.2, 0) is 9.59 Å². The third-order valence-electron chi connectivity index (χ3n) is 2.65. The summed E-state index contributed by atoms with van der Waals surface area (Å²) in [6.45, 7) is 0. The van der Waals surface area contributed by atoms with Crippen molar-refractivity contribution >= 4 is 28.9 Å². The number of hydrogen-bond donors (Lipinski definition) is 2. The van der Waals surface area contributed by atoms with Gasteiger partial charge < -0.3 is 5.73 Å². The van der Waals surface area contributed by atoms with Gasteiger partial charge in [0.25, 0.3) is 5.56 Å². The summed E-state index contributed by atoms with van der Waals surface area (Å²) < 4.78 is 1.15. The molecule has 2 aromatic heterocycles. The minimum atomic E-state index is -0.518. The number of carbonyl (C=O) groups is 2. The highest BCUT2D eigenvalue weighted by Gasteiger charge is 2.32. The van der Waals surface area contributed by atoms with Gasteiger partial charge in [-0.2, -0.15) is 9.99 Å². The topological polar surface area (TPSA) is 127 Å². The molecule has 18 heavy (non-hydrogen) atoms. The molecule has 9 heteroatoms. The van der Waals surface area contributed by atoms with Crippen molar-refractivity contribution in [1.29, 1.82) is 0 Å². The van der Waals surface area contributed by atoms with Gasteiger partial charge in [-0.3, -0.25) is 19.4 Å². The third kappa shape index (κ3) is 1.30. The maximum absolute atomic E-state index is 11.6. The molecule has 0 radical (unpaired) electrons. The summed E-state index contributed by atoms with van der Waals surface area (Å²) in [5, 5.41) is 0.918. The van der Waals surface area contributed by atoms with Gasteiger partial charge in [-0.1, -0.05) is 0 Å². The molecule has 3 rings (SSSR count). The van der Waals surface area contributed by atoms with Gasteiger partial charge in [0.1, 0.15) is 6.33 Å². The van der Waals surface area contributed by atoms with Crippen molar-refractivity contribution < 1.29 is 9.59 Å². The molecule has 9 nitrogen and oxygen atoms in total. The fraction of sp³-hybridized carbons (Fsp3) is 0.222. The van der Waals surface area contributed by atoms with E-state index in [0.29, 0.717) is 0 Å². The number of imidazole rings is 1. The predicted molar refractivity (Wildman–Crippen MR) is 60.0 cm³/mol. The number of fused-ring (bicyclic) bond motifs is 1.